The van der Waals surface area contributed by atoms with Crippen LogP contribution in [0.25, 0.3) is 0 Å². The largest absolute Gasteiger partial charge is 0.573 e. The number of pyridine rings is 1. The average molecular weight is 530 g/mol. The zero-order chi connectivity index (χ0) is 26.6. The lowest BCUT2D eigenvalue weighted by Crippen LogP contribution is -2.34. The molecular formula is C25H18F4N4O5. The minimum absolute atomic E-state index is 0.0470. The Balaban J connectivity index is 1.10. The number of ether oxygens (including phenoxy) is 3. The molecule has 3 atom stereocenters. The number of nitrogens with one attached hydrogen (secondary N) is 3. The number of hydrogen-bond acceptors (Lipinski definition) is 6. The molecule has 0 radical (unpaired) electrons. The second kappa shape index (κ2) is 8.78. The number of rotatable bonds is 5. The monoisotopic (exact) mass is 530 g/mol. The van der Waals surface area contributed by atoms with Crippen molar-refractivity contribution in [1.29, 1.82) is 0 Å². The van der Waals surface area contributed by atoms with Gasteiger partial charge in [0.05, 0.1) is 12.0 Å². The Labute approximate surface area is 212 Å². The lowest BCUT2D eigenvalue weighted by atomic mass is 10.1. The van der Waals surface area contributed by atoms with Gasteiger partial charge in [0.25, 0.3) is 0 Å². The summed E-state index contributed by atoms with van der Waals surface area (Å²) < 4.78 is 66.4. The van der Waals surface area contributed by atoms with E-state index < -0.39 is 24.0 Å². The predicted molar refractivity (Wildman–Crippen MR) is 124 cm³/mol. The van der Waals surface area contributed by atoms with Gasteiger partial charge in [-0.3, -0.25) is 4.79 Å². The number of nitrogens with zero attached hydrogens (tertiary/aromatic N) is 1. The molecule has 3 aromatic rings. The van der Waals surface area contributed by atoms with E-state index in [1.165, 1.54) is 0 Å². The summed E-state index contributed by atoms with van der Waals surface area (Å²) in [6, 6.07) is 8.64. The number of benzene rings is 2. The molecule has 0 bridgehead atoms. The van der Waals surface area contributed by atoms with Crippen molar-refractivity contribution < 1.29 is 41.4 Å². The number of aromatic nitrogens is 1. The molecule has 3 aliphatic rings. The van der Waals surface area contributed by atoms with Gasteiger partial charge in [0, 0.05) is 35.5 Å². The van der Waals surface area contributed by atoms with Crippen LogP contribution in [0.4, 0.5) is 33.9 Å². The maximum absolute atomic E-state index is 13.9. The third-order valence-electron chi connectivity index (χ3n) is 6.37. The van der Waals surface area contributed by atoms with E-state index in [0.29, 0.717) is 35.9 Å². The SMILES string of the molecule is O=C1CCc2c(Oc3ccc4c(c3)[C@H]3[C@H](NC(=O)Nc5ccc(OC(F)(F)F)c(F)c5)[C@H]3O4)ccnc2N1. The molecule has 0 unspecified atom stereocenters. The quantitative estimate of drug-likeness (QED) is 0.407. The molecule has 2 aromatic carbocycles. The molecule has 1 aliphatic carbocycles. The van der Waals surface area contributed by atoms with Crippen LogP contribution >= 0.6 is 0 Å². The minimum atomic E-state index is -5.03. The van der Waals surface area contributed by atoms with Crippen LogP contribution in [0.2, 0.25) is 0 Å². The minimum Gasteiger partial charge on any atom is -0.487 e. The number of hydrogen-bond donors (Lipinski definition) is 3. The first-order chi connectivity index (χ1) is 18.1. The Morgan fingerprint density at radius 1 is 1.11 bits per heavy atom. The van der Waals surface area contributed by atoms with E-state index in [1.807, 2.05) is 6.07 Å². The van der Waals surface area contributed by atoms with Crippen LogP contribution < -0.4 is 30.2 Å². The van der Waals surface area contributed by atoms with Gasteiger partial charge in [-0.05, 0) is 42.8 Å². The first kappa shape index (κ1) is 23.8. The summed E-state index contributed by atoms with van der Waals surface area (Å²) in [5.41, 5.74) is 1.60. The van der Waals surface area contributed by atoms with E-state index in [0.717, 1.165) is 29.3 Å². The number of carbonyl (C=O) groups excluding carboxylic acids is 2. The van der Waals surface area contributed by atoms with Gasteiger partial charge in [-0.15, -0.1) is 13.2 Å². The molecule has 0 saturated heterocycles. The summed E-state index contributed by atoms with van der Waals surface area (Å²) in [5, 5.41) is 7.85. The second-order valence-electron chi connectivity index (χ2n) is 8.91. The molecule has 6 rings (SSSR count). The first-order valence-electron chi connectivity index (χ1n) is 11.5. The van der Waals surface area contributed by atoms with Crippen LogP contribution in [0.3, 0.4) is 0 Å². The van der Waals surface area contributed by atoms with Gasteiger partial charge in [-0.2, -0.15) is 0 Å². The highest BCUT2D eigenvalue weighted by Gasteiger charge is 2.59. The predicted octanol–water partition coefficient (Wildman–Crippen LogP) is 4.84. The van der Waals surface area contributed by atoms with Gasteiger partial charge >= 0.3 is 12.4 Å². The molecular weight excluding hydrogens is 512 g/mol. The third-order valence-corrected chi connectivity index (χ3v) is 6.37. The summed E-state index contributed by atoms with van der Waals surface area (Å²) in [4.78, 5) is 28.3. The number of carbonyl (C=O) groups is 2. The van der Waals surface area contributed by atoms with Crippen LogP contribution in [-0.2, 0) is 11.2 Å². The van der Waals surface area contributed by atoms with Crippen molar-refractivity contribution in [3.8, 4) is 23.0 Å². The fraction of sp³-hybridized carbons (Fsp3) is 0.240. The molecule has 3 N–H and O–H groups in total. The summed E-state index contributed by atoms with van der Waals surface area (Å²) in [6.45, 7) is 0. The van der Waals surface area contributed by atoms with E-state index in [9.17, 15) is 27.2 Å². The lowest BCUT2D eigenvalue weighted by Gasteiger charge is -2.19. The lowest BCUT2D eigenvalue weighted by molar-refractivity contribution is -0.275. The standard InChI is InChI=1S/C25H18F4N4O5/c26-15-9-11(1-4-18(15)38-25(27,28)29)31-24(35)33-21-20-14-10-12(2-5-16(14)37-22(20)21)36-17-7-8-30-23-13(17)3-6-19(34)32-23/h1-2,4-5,7-10,20-22H,3,6H2,(H,30,32,34)(H2,31,33,35)/t20-,21-,22-/m0/s1. The molecule has 196 valence electrons. The fourth-order valence-electron chi connectivity index (χ4n) is 4.66. The Kier molecular flexibility index (Phi) is 5.51. The van der Waals surface area contributed by atoms with E-state index in [1.54, 1.807) is 24.4 Å². The molecule has 38 heavy (non-hydrogen) atoms. The topological polar surface area (TPSA) is 111 Å². The Hall–Kier alpha value is -4.55. The van der Waals surface area contributed by atoms with Crippen molar-refractivity contribution in [3.63, 3.8) is 0 Å². The van der Waals surface area contributed by atoms with Crippen LogP contribution in [0.5, 0.6) is 23.0 Å². The molecule has 1 fully saturated rings. The molecule has 9 nitrogen and oxygen atoms in total. The van der Waals surface area contributed by atoms with Gasteiger partial charge in [0.15, 0.2) is 11.6 Å². The smallest absolute Gasteiger partial charge is 0.487 e. The van der Waals surface area contributed by atoms with Crippen molar-refractivity contribution in [1.82, 2.24) is 10.3 Å². The fourth-order valence-corrected chi connectivity index (χ4v) is 4.66. The zero-order valence-electron chi connectivity index (χ0n) is 19.3. The molecule has 1 aromatic heterocycles. The number of anilines is 2. The number of alkyl halides is 3. The normalized spacial score (nSPS) is 20.7. The van der Waals surface area contributed by atoms with Crippen LogP contribution in [0.15, 0.2) is 48.7 Å². The van der Waals surface area contributed by atoms with E-state index >= 15 is 0 Å². The van der Waals surface area contributed by atoms with Gasteiger partial charge in [0.1, 0.15) is 29.2 Å². The molecule has 3 amide bonds. The number of amides is 3. The zero-order valence-corrected chi connectivity index (χ0v) is 19.3. The van der Waals surface area contributed by atoms with Crippen molar-refractivity contribution in [2.75, 3.05) is 10.6 Å². The Bertz CT molecular complexity index is 1460. The van der Waals surface area contributed by atoms with E-state index in [-0.39, 0.29) is 29.7 Å². The van der Waals surface area contributed by atoms with E-state index in [4.69, 9.17) is 9.47 Å². The second-order valence-corrected chi connectivity index (χ2v) is 8.91. The van der Waals surface area contributed by atoms with Gasteiger partial charge < -0.3 is 30.2 Å². The summed E-state index contributed by atoms with van der Waals surface area (Å²) in [6.07, 6.45) is -2.94. The third kappa shape index (κ3) is 4.62. The van der Waals surface area contributed by atoms with Crippen LogP contribution in [0, 0.1) is 5.82 Å². The van der Waals surface area contributed by atoms with Gasteiger partial charge in [0.2, 0.25) is 5.91 Å². The maximum atomic E-state index is 13.9. The van der Waals surface area contributed by atoms with Crippen LogP contribution in [0.1, 0.15) is 23.5 Å². The Morgan fingerprint density at radius 2 is 1.95 bits per heavy atom. The van der Waals surface area contributed by atoms with Crippen molar-refractivity contribution in [2.45, 2.75) is 37.3 Å². The summed E-state index contributed by atoms with van der Waals surface area (Å²) >= 11 is 0. The molecule has 0 spiro atoms. The Morgan fingerprint density at radius 3 is 2.74 bits per heavy atom. The van der Waals surface area contributed by atoms with Crippen molar-refractivity contribution in [3.05, 3.63) is 65.6 Å². The van der Waals surface area contributed by atoms with Crippen molar-refractivity contribution in [2.24, 2.45) is 0 Å². The average Bonchev–Trinajstić information content (AvgIpc) is 3.36. The number of fused-ring (bicyclic) bond motifs is 4. The highest BCUT2D eigenvalue weighted by atomic mass is 19.4. The molecule has 2 aliphatic heterocycles. The summed E-state index contributed by atoms with van der Waals surface area (Å²) in [5.74, 6) is -0.244. The molecule has 13 heteroatoms. The van der Waals surface area contributed by atoms with Gasteiger partial charge in [-0.1, -0.05) is 0 Å². The van der Waals surface area contributed by atoms with Gasteiger partial charge in [-0.25, -0.2) is 14.2 Å². The molecule has 3 heterocycles. The number of halogens is 4. The summed E-state index contributed by atoms with van der Waals surface area (Å²) in [7, 11) is 0. The highest BCUT2D eigenvalue weighted by Crippen LogP contribution is 2.54. The van der Waals surface area contributed by atoms with E-state index in [2.05, 4.69) is 25.7 Å². The van der Waals surface area contributed by atoms with Crippen LogP contribution in [-0.4, -0.2) is 35.4 Å². The van der Waals surface area contributed by atoms with Crippen molar-refractivity contribution >= 4 is 23.4 Å². The highest BCUT2D eigenvalue weighted by molar-refractivity contribution is 5.93. The first-order valence-corrected chi connectivity index (χ1v) is 11.5. The molecule has 1 saturated carbocycles. The number of urea groups is 1. The maximum Gasteiger partial charge on any atom is 0.573 e.